The fourth-order valence-corrected chi connectivity index (χ4v) is 1.77. The van der Waals surface area contributed by atoms with E-state index in [9.17, 15) is 4.79 Å². The number of halogens is 1. The second kappa shape index (κ2) is 6.25. The lowest BCUT2D eigenvalue weighted by atomic mass is 10.2. The van der Waals surface area contributed by atoms with Gasteiger partial charge >= 0.3 is 0 Å². The van der Waals surface area contributed by atoms with E-state index in [0.717, 1.165) is 5.76 Å². The van der Waals surface area contributed by atoms with Crippen molar-refractivity contribution < 1.29 is 13.9 Å². The van der Waals surface area contributed by atoms with Gasteiger partial charge in [0.1, 0.15) is 17.3 Å². The number of hydrogen-bond acceptors (Lipinski definition) is 4. The first-order chi connectivity index (χ1) is 9.60. The van der Waals surface area contributed by atoms with Gasteiger partial charge < -0.3 is 9.15 Å². The summed E-state index contributed by atoms with van der Waals surface area (Å²) in [6.07, 6.45) is 1.42. The van der Waals surface area contributed by atoms with Gasteiger partial charge in [-0.3, -0.25) is 4.79 Å². The average Bonchev–Trinajstić information content (AvgIpc) is 2.84. The Morgan fingerprint density at radius 3 is 2.85 bits per heavy atom. The van der Waals surface area contributed by atoms with Crippen LogP contribution in [0.2, 0.25) is 5.02 Å². The number of carbonyl (C=O) groups is 1. The number of ether oxygens (including phenoxy) is 1. The fourth-order valence-electron chi connectivity index (χ4n) is 1.60. The summed E-state index contributed by atoms with van der Waals surface area (Å²) >= 11 is 5.86. The molecule has 0 fully saturated rings. The largest absolute Gasteiger partial charge is 0.496 e. The lowest BCUT2D eigenvalue weighted by Crippen LogP contribution is -2.18. The van der Waals surface area contributed by atoms with Crippen molar-refractivity contribution in [3.8, 4) is 5.75 Å². The molecule has 0 spiro atoms. The molecule has 1 aromatic carbocycles. The summed E-state index contributed by atoms with van der Waals surface area (Å²) in [5.41, 5.74) is 2.70. The maximum atomic E-state index is 12.0. The van der Waals surface area contributed by atoms with Gasteiger partial charge in [0.15, 0.2) is 0 Å². The third-order valence-electron chi connectivity index (χ3n) is 2.53. The van der Waals surface area contributed by atoms with Crippen molar-refractivity contribution in [2.75, 3.05) is 7.11 Å². The van der Waals surface area contributed by atoms with Crippen molar-refractivity contribution in [3.63, 3.8) is 0 Å². The number of carbonyl (C=O) groups excluding carboxylic acids is 1. The zero-order valence-corrected chi connectivity index (χ0v) is 11.8. The zero-order chi connectivity index (χ0) is 14.5. The highest BCUT2D eigenvalue weighted by Gasteiger charge is 2.12. The molecule has 0 aliphatic heterocycles. The molecule has 2 aromatic rings. The third-order valence-corrected chi connectivity index (χ3v) is 2.76. The van der Waals surface area contributed by atoms with Gasteiger partial charge in [0.25, 0.3) is 5.91 Å². The summed E-state index contributed by atoms with van der Waals surface area (Å²) < 4.78 is 10.4. The minimum absolute atomic E-state index is 0.313. The van der Waals surface area contributed by atoms with E-state index in [1.54, 1.807) is 18.2 Å². The molecule has 0 saturated heterocycles. The van der Waals surface area contributed by atoms with Gasteiger partial charge in [0.05, 0.1) is 18.9 Å². The minimum atomic E-state index is -0.413. The maximum Gasteiger partial charge on any atom is 0.275 e. The number of nitrogens with zero attached hydrogens (tertiary/aromatic N) is 1. The number of hydrazone groups is 1. The van der Waals surface area contributed by atoms with Gasteiger partial charge in [0.2, 0.25) is 0 Å². The molecule has 0 aliphatic rings. The van der Waals surface area contributed by atoms with Crippen LogP contribution in [0.15, 0.2) is 39.9 Å². The van der Waals surface area contributed by atoms with E-state index in [-0.39, 0.29) is 0 Å². The van der Waals surface area contributed by atoms with Crippen LogP contribution >= 0.6 is 11.6 Å². The standard InChI is InChI=1S/C14H13ClN2O3/c1-9-3-5-11(20-9)8-16-17-14(18)12-7-10(15)4-6-13(12)19-2/h3-8H,1-2H3,(H,17,18). The molecule has 104 valence electrons. The molecule has 1 N–H and O–H groups in total. The minimum Gasteiger partial charge on any atom is -0.496 e. The highest BCUT2D eigenvalue weighted by Crippen LogP contribution is 2.22. The molecule has 20 heavy (non-hydrogen) atoms. The first kappa shape index (κ1) is 14.1. The van der Waals surface area contributed by atoms with Crippen LogP contribution in [0.25, 0.3) is 0 Å². The average molecular weight is 293 g/mol. The molecule has 1 aromatic heterocycles. The number of methoxy groups -OCH3 is 1. The maximum absolute atomic E-state index is 12.0. The molecule has 2 rings (SSSR count). The van der Waals surface area contributed by atoms with Gasteiger partial charge in [0, 0.05) is 5.02 Å². The Morgan fingerprint density at radius 1 is 1.40 bits per heavy atom. The van der Waals surface area contributed by atoms with Gasteiger partial charge in [-0.25, -0.2) is 5.43 Å². The van der Waals surface area contributed by atoms with Crippen LogP contribution in [0.3, 0.4) is 0 Å². The van der Waals surface area contributed by atoms with Crippen molar-refractivity contribution in [1.29, 1.82) is 0 Å². The zero-order valence-electron chi connectivity index (χ0n) is 11.0. The van der Waals surface area contributed by atoms with E-state index in [2.05, 4.69) is 10.5 Å². The van der Waals surface area contributed by atoms with Crippen LogP contribution in [0, 0.1) is 6.92 Å². The number of nitrogens with one attached hydrogen (secondary N) is 1. The molecule has 1 heterocycles. The molecule has 0 bridgehead atoms. The van der Waals surface area contributed by atoms with Gasteiger partial charge in [-0.05, 0) is 37.3 Å². The molecule has 5 nitrogen and oxygen atoms in total. The summed E-state index contributed by atoms with van der Waals surface area (Å²) in [6.45, 7) is 1.83. The molecule has 0 atom stereocenters. The smallest absolute Gasteiger partial charge is 0.275 e. The van der Waals surface area contributed by atoms with E-state index in [0.29, 0.717) is 22.1 Å². The lowest BCUT2D eigenvalue weighted by molar-refractivity contribution is 0.0952. The monoisotopic (exact) mass is 292 g/mol. The molecule has 0 radical (unpaired) electrons. The van der Waals surface area contributed by atoms with Crippen molar-refractivity contribution in [2.24, 2.45) is 5.10 Å². The van der Waals surface area contributed by atoms with E-state index in [1.165, 1.54) is 19.4 Å². The van der Waals surface area contributed by atoms with Crippen LogP contribution in [0.4, 0.5) is 0 Å². The Hall–Kier alpha value is -2.27. The molecular weight excluding hydrogens is 280 g/mol. The van der Waals surface area contributed by atoms with Gasteiger partial charge in [-0.15, -0.1) is 0 Å². The van der Waals surface area contributed by atoms with Crippen LogP contribution in [0.5, 0.6) is 5.75 Å². The first-order valence-corrected chi connectivity index (χ1v) is 6.21. The van der Waals surface area contributed by atoms with Crippen LogP contribution in [-0.2, 0) is 0 Å². The number of amides is 1. The van der Waals surface area contributed by atoms with Crippen LogP contribution in [-0.4, -0.2) is 19.2 Å². The van der Waals surface area contributed by atoms with Crippen molar-refractivity contribution >= 4 is 23.7 Å². The second-order valence-corrected chi connectivity index (χ2v) is 4.43. The molecule has 0 saturated carbocycles. The fraction of sp³-hybridized carbons (Fsp3) is 0.143. The highest BCUT2D eigenvalue weighted by atomic mass is 35.5. The summed E-state index contributed by atoms with van der Waals surface area (Å²) in [6, 6.07) is 8.35. The topological polar surface area (TPSA) is 63.8 Å². The number of rotatable bonds is 4. The Balaban J connectivity index is 2.08. The third kappa shape index (κ3) is 3.39. The molecule has 1 amide bonds. The quantitative estimate of drug-likeness (QED) is 0.696. The summed E-state index contributed by atoms with van der Waals surface area (Å²) in [5.74, 6) is 1.34. The Bertz CT molecular complexity index is 650. The molecule has 0 aliphatic carbocycles. The van der Waals surface area contributed by atoms with Crippen molar-refractivity contribution in [2.45, 2.75) is 6.92 Å². The van der Waals surface area contributed by atoms with Crippen molar-refractivity contribution in [3.05, 3.63) is 52.4 Å². The van der Waals surface area contributed by atoms with Crippen LogP contribution < -0.4 is 10.2 Å². The second-order valence-electron chi connectivity index (χ2n) is 3.99. The van der Waals surface area contributed by atoms with E-state index in [4.69, 9.17) is 20.8 Å². The number of hydrogen-bond donors (Lipinski definition) is 1. The SMILES string of the molecule is COc1ccc(Cl)cc1C(=O)NN=Cc1ccc(C)o1. The van der Waals surface area contributed by atoms with Gasteiger partial charge in [-0.2, -0.15) is 5.10 Å². The lowest BCUT2D eigenvalue weighted by Gasteiger charge is -2.06. The molecule has 0 unspecified atom stereocenters. The number of furan rings is 1. The number of benzene rings is 1. The summed E-state index contributed by atoms with van der Waals surface area (Å²) in [5, 5.41) is 4.27. The number of aryl methyl sites for hydroxylation is 1. The van der Waals surface area contributed by atoms with E-state index >= 15 is 0 Å². The van der Waals surface area contributed by atoms with Crippen LogP contribution in [0.1, 0.15) is 21.9 Å². The van der Waals surface area contributed by atoms with E-state index in [1.807, 2.05) is 13.0 Å². The highest BCUT2D eigenvalue weighted by molar-refractivity contribution is 6.31. The molecule has 6 heteroatoms. The van der Waals surface area contributed by atoms with Crippen molar-refractivity contribution in [1.82, 2.24) is 5.43 Å². The van der Waals surface area contributed by atoms with Gasteiger partial charge in [-0.1, -0.05) is 11.6 Å². The summed E-state index contributed by atoms with van der Waals surface area (Å²) in [4.78, 5) is 12.0. The Kier molecular flexibility index (Phi) is 4.42. The predicted molar refractivity (Wildman–Crippen MR) is 76.5 cm³/mol. The normalized spacial score (nSPS) is 10.8. The first-order valence-electron chi connectivity index (χ1n) is 5.83. The summed E-state index contributed by atoms with van der Waals surface area (Å²) in [7, 11) is 1.48. The Morgan fingerprint density at radius 2 is 2.20 bits per heavy atom. The Labute approximate surface area is 121 Å². The predicted octanol–water partition coefficient (Wildman–Crippen LogP) is 3.01. The van der Waals surface area contributed by atoms with E-state index < -0.39 is 5.91 Å². The molecular formula is C14H13ClN2O3.